The molecule has 2 rings (SSSR count). The van der Waals surface area contributed by atoms with E-state index >= 15 is 0 Å². The van der Waals surface area contributed by atoms with E-state index in [2.05, 4.69) is 20.1 Å². The summed E-state index contributed by atoms with van der Waals surface area (Å²) in [4.78, 5) is 10.9. The predicted octanol–water partition coefficient (Wildman–Crippen LogP) is 0.344. The van der Waals surface area contributed by atoms with Gasteiger partial charge in [0, 0.05) is 18.3 Å². The Hall–Kier alpha value is -1.69. The summed E-state index contributed by atoms with van der Waals surface area (Å²) in [7, 11) is 0. The molecule has 0 spiro atoms. The molecular formula is C8H11N5O. The molecule has 74 valence electrons. The lowest BCUT2D eigenvalue weighted by atomic mass is 10.2. The van der Waals surface area contributed by atoms with E-state index < -0.39 is 0 Å². The molecule has 0 aromatic carbocycles. The molecule has 0 saturated heterocycles. The van der Waals surface area contributed by atoms with E-state index in [-0.39, 0.29) is 6.04 Å². The van der Waals surface area contributed by atoms with Crippen molar-refractivity contribution in [1.82, 2.24) is 20.1 Å². The van der Waals surface area contributed by atoms with Gasteiger partial charge in [0.1, 0.15) is 0 Å². The molecule has 0 fully saturated rings. The van der Waals surface area contributed by atoms with Crippen molar-refractivity contribution in [3.8, 4) is 0 Å². The number of aromatic nitrogens is 4. The van der Waals surface area contributed by atoms with Crippen molar-refractivity contribution in [1.29, 1.82) is 0 Å². The zero-order valence-corrected chi connectivity index (χ0v) is 7.77. The number of nitrogens with zero attached hydrogens (tertiary/aromatic N) is 3. The minimum atomic E-state index is -0.281. The maximum absolute atomic E-state index is 5.86. The summed E-state index contributed by atoms with van der Waals surface area (Å²) in [6, 6.07) is -0.281. The first-order chi connectivity index (χ1) is 6.75. The largest absolute Gasteiger partial charge is 0.348 e. The zero-order valence-electron chi connectivity index (χ0n) is 7.77. The van der Waals surface area contributed by atoms with E-state index in [0.29, 0.717) is 18.1 Å². The highest BCUT2D eigenvalue weighted by atomic mass is 16.5. The van der Waals surface area contributed by atoms with Crippen LogP contribution >= 0.6 is 0 Å². The van der Waals surface area contributed by atoms with Gasteiger partial charge in [0.05, 0.1) is 12.4 Å². The van der Waals surface area contributed by atoms with Crippen LogP contribution in [0.15, 0.2) is 17.0 Å². The summed E-state index contributed by atoms with van der Waals surface area (Å²) in [6.07, 6.45) is 3.95. The highest BCUT2D eigenvalue weighted by Crippen LogP contribution is 2.11. The number of nitrogens with one attached hydrogen (secondary N) is 1. The fourth-order valence-electron chi connectivity index (χ4n) is 1.18. The van der Waals surface area contributed by atoms with Crippen LogP contribution in [0, 0.1) is 6.92 Å². The van der Waals surface area contributed by atoms with Crippen LogP contribution in [0.2, 0.25) is 0 Å². The molecule has 6 nitrogen and oxygen atoms in total. The standard InChI is InChI=1S/C8H11N5O/c1-5-12-8(14-13-5)7(9)2-6-3-10-4-11-6/h3-4,7H,2,9H2,1H3,(H,10,11)/t7-/m1/s1. The SMILES string of the molecule is Cc1noc([C@H](N)Cc2cnc[nH]2)n1. The topological polar surface area (TPSA) is 93.6 Å². The zero-order chi connectivity index (χ0) is 9.97. The van der Waals surface area contributed by atoms with Crippen molar-refractivity contribution >= 4 is 0 Å². The van der Waals surface area contributed by atoms with E-state index in [0.717, 1.165) is 5.69 Å². The third-order valence-electron chi connectivity index (χ3n) is 1.86. The van der Waals surface area contributed by atoms with Crippen molar-refractivity contribution in [2.45, 2.75) is 19.4 Å². The van der Waals surface area contributed by atoms with Gasteiger partial charge >= 0.3 is 0 Å². The maximum Gasteiger partial charge on any atom is 0.243 e. The lowest BCUT2D eigenvalue weighted by molar-refractivity contribution is 0.351. The quantitative estimate of drug-likeness (QED) is 0.733. The summed E-state index contributed by atoms with van der Waals surface area (Å²) in [6.45, 7) is 1.76. The normalized spacial score (nSPS) is 13.0. The molecule has 3 N–H and O–H groups in total. The van der Waals surface area contributed by atoms with Crippen LogP contribution in [0.25, 0.3) is 0 Å². The van der Waals surface area contributed by atoms with Crippen molar-refractivity contribution in [2.75, 3.05) is 0 Å². The molecule has 0 amide bonds. The molecule has 0 unspecified atom stereocenters. The lowest BCUT2D eigenvalue weighted by Crippen LogP contribution is -2.13. The van der Waals surface area contributed by atoms with E-state index in [9.17, 15) is 0 Å². The number of nitrogens with two attached hydrogens (primary N) is 1. The molecule has 0 radical (unpaired) electrons. The number of imidazole rings is 1. The lowest BCUT2D eigenvalue weighted by Gasteiger charge is -2.03. The maximum atomic E-state index is 5.86. The van der Waals surface area contributed by atoms with Crippen LogP contribution in [0.4, 0.5) is 0 Å². The van der Waals surface area contributed by atoms with Gasteiger partial charge in [0.15, 0.2) is 5.82 Å². The molecule has 2 aromatic rings. The summed E-state index contributed by atoms with van der Waals surface area (Å²) in [5.74, 6) is 1.05. The average molecular weight is 193 g/mol. The minimum absolute atomic E-state index is 0.281. The monoisotopic (exact) mass is 193 g/mol. The van der Waals surface area contributed by atoms with Gasteiger partial charge in [0.2, 0.25) is 5.89 Å². The molecule has 0 aliphatic heterocycles. The first kappa shape index (κ1) is 8.89. The van der Waals surface area contributed by atoms with E-state index in [1.807, 2.05) is 0 Å². The van der Waals surface area contributed by atoms with Gasteiger partial charge in [-0.05, 0) is 6.92 Å². The van der Waals surface area contributed by atoms with Crippen LogP contribution in [-0.4, -0.2) is 20.1 Å². The molecule has 0 bridgehead atoms. The Balaban J connectivity index is 2.06. The van der Waals surface area contributed by atoms with Gasteiger partial charge in [-0.25, -0.2) is 4.98 Å². The average Bonchev–Trinajstić information content (AvgIpc) is 2.75. The molecule has 14 heavy (non-hydrogen) atoms. The first-order valence-corrected chi connectivity index (χ1v) is 4.29. The van der Waals surface area contributed by atoms with Crippen LogP contribution in [0.1, 0.15) is 23.5 Å². The van der Waals surface area contributed by atoms with Crippen molar-refractivity contribution < 1.29 is 4.52 Å². The fraction of sp³-hybridized carbons (Fsp3) is 0.375. The predicted molar refractivity (Wildman–Crippen MR) is 48.3 cm³/mol. The van der Waals surface area contributed by atoms with Gasteiger partial charge in [-0.2, -0.15) is 4.98 Å². The van der Waals surface area contributed by atoms with Crippen molar-refractivity contribution in [3.63, 3.8) is 0 Å². The second kappa shape index (κ2) is 3.59. The highest BCUT2D eigenvalue weighted by Gasteiger charge is 2.14. The summed E-state index contributed by atoms with van der Waals surface area (Å²) in [5, 5.41) is 3.68. The van der Waals surface area contributed by atoms with Gasteiger partial charge in [-0.1, -0.05) is 5.16 Å². The smallest absolute Gasteiger partial charge is 0.243 e. The fourth-order valence-corrected chi connectivity index (χ4v) is 1.18. The number of hydrogen-bond donors (Lipinski definition) is 2. The summed E-state index contributed by atoms with van der Waals surface area (Å²) < 4.78 is 4.95. The van der Waals surface area contributed by atoms with Crippen molar-refractivity contribution in [3.05, 3.63) is 29.9 Å². The molecule has 0 aliphatic rings. The Morgan fingerprint density at radius 3 is 3.07 bits per heavy atom. The molecule has 0 aliphatic carbocycles. The number of H-pyrrole nitrogens is 1. The molecule has 1 atom stereocenters. The molecular weight excluding hydrogens is 182 g/mol. The third-order valence-corrected chi connectivity index (χ3v) is 1.86. The number of aromatic amines is 1. The highest BCUT2D eigenvalue weighted by molar-refractivity contribution is 5.01. The van der Waals surface area contributed by atoms with Gasteiger partial charge in [-0.15, -0.1) is 0 Å². The number of hydrogen-bond acceptors (Lipinski definition) is 5. The number of aryl methyl sites for hydroxylation is 1. The Labute approximate surface area is 80.5 Å². The molecule has 2 heterocycles. The molecule has 2 aromatic heterocycles. The van der Waals surface area contributed by atoms with Crippen LogP contribution < -0.4 is 5.73 Å². The Bertz CT molecular complexity index is 394. The van der Waals surface area contributed by atoms with Crippen LogP contribution in [-0.2, 0) is 6.42 Å². The Morgan fingerprint density at radius 2 is 2.50 bits per heavy atom. The number of rotatable bonds is 3. The summed E-state index contributed by atoms with van der Waals surface area (Å²) >= 11 is 0. The van der Waals surface area contributed by atoms with Crippen LogP contribution in [0.5, 0.6) is 0 Å². The van der Waals surface area contributed by atoms with E-state index in [4.69, 9.17) is 10.3 Å². The molecule has 6 heteroatoms. The summed E-state index contributed by atoms with van der Waals surface area (Å²) in [5.41, 5.74) is 6.81. The van der Waals surface area contributed by atoms with E-state index in [1.54, 1.807) is 19.4 Å². The van der Waals surface area contributed by atoms with E-state index in [1.165, 1.54) is 0 Å². The van der Waals surface area contributed by atoms with Gasteiger partial charge < -0.3 is 15.2 Å². The Morgan fingerprint density at radius 1 is 1.64 bits per heavy atom. The van der Waals surface area contributed by atoms with Crippen LogP contribution in [0.3, 0.4) is 0 Å². The third kappa shape index (κ3) is 1.80. The van der Waals surface area contributed by atoms with Crippen molar-refractivity contribution in [2.24, 2.45) is 5.73 Å². The first-order valence-electron chi connectivity index (χ1n) is 4.29. The molecule has 0 saturated carbocycles. The second-order valence-corrected chi connectivity index (χ2v) is 3.07. The van der Waals surface area contributed by atoms with Gasteiger partial charge in [0.25, 0.3) is 0 Å². The Kier molecular flexibility index (Phi) is 2.28. The van der Waals surface area contributed by atoms with Gasteiger partial charge in [-0.3, -0.25) is 0 Å². The minimum Gasteiger partial charge on any atom is -0.348 e. The second-order valence-electron chi connectivity index (χ2n) is 3.07.